The van der Waals surface area contributed by atoms with Gasteiger partial charge in [-0.1, -0.05) is 439 Å². The van der Waals surface area contributed by atoms with Gasteiger partial charge in [0.1, 0.15) is 11.5 Å². The number of hydrogen-bond acceptors (Lipinski definition) is 8. The minimum atomic E-state index is -0.454. The van der Waals surface area contributed by atoms with E-state index in [1.165, 1.54) is 437 Å². The van der Waals surface area contributed by atoms with Gasteiger partial charge in [-0.15, -0.1) is 0 Å². The van der Waals surface area contributed by atoms with E-state index in [1.807, 2.05) is 24.3 Å². The molecular weight excluding hydrogens is 1390 g/mol. The molecule has 0 aromatic heterocycles. The standard InChI is InChI=1S/C105H174N2O6/c1-5-9-13-17-21-25-29-33-37-41-45-49-53-57-61-65-69-89-106(90-70-66-62-58-54-50-46-42-38-34-30-26-22-18-14-10-6-2)98-81-73-96(74-82-98)104(110)112-100-85-77-94(78-86-100)102(108)93-103(109)95-79-87-101(88-80-95)113-105(111)97-75-83-99(84-76-97)107(91-71-67-63-59-55-51-47-43-39-35-31-27-23-19-15-11-7-3)92-72-68-64-60-56-52-48-44-40-36-32-28-24-20-16-12-8-4/h73-88H,5-72,89-93H2,1-4H3. The van der Waals surface area contributed by atoms with Crippen LogP contribution >= 0.6 is 0 Å². The van der Waals surface area contributed by atoms with Crippen LogP contribution < -0.4 is 19.3 Å². The first-order valence-electron chi connectivity index (χ1n) is 49.2. The van der Waals surface area contributed by atoms with E-state index in [1.54, 1.807) is 48.5 Å². The highest BCUT2D eigenvalue weighted by Gasteiger charge is 2.18. The third-order valence-electron chi connectivity index (χ3n) is 24.2. The van der Waals surface area contributed by atoms with Crippen LogP contribution in [0, 0.1) is 0 Å². The third-order valence-corrected chi connectivity index (χ3v) is 24.2. The van der Waals surface area contributed by atoms with Crippen molar-refractivity contribution >= 4 is 34.9 Å². The van der Waals surface area contributed by atoms with Crippen molar-refractivity contribution in [1.29, 1.82) is 0 Å². The van der Waals surface area contributed by atoms with Gasteiger partial charge in [0.05, 0.1) is 17.5 Å². The maximum Gasteiger partial charge on any atom is 0.343 e. The monoisotopic (exact) mass is 1560 g/mol. The summed E-state index contributed by atoms with van der Waals surface area (Å²) in [6, 6.07) is 28.7. The van der Waals surface area contributed by atoms with E-state index in [0.29, 0.717) is 33.8 Å². The van der Waals surface area contributed by atoms with Crippen molar-refractivity contribution < 1.29 is 28.7 Å². The molecule has 0 saturated carbocycles. The molecule has 0 spiro atoms. The molecule has 4 rings (SSSR count). The van der Waals surface area contributed by atoms with Crippen LogP contribution in [0.1, 0.15) is 512 Å². The fraction of sp³-hybridized carbons (Fsp3) is 0.733. The number of hydrogen-bond donors (Lipinski definition) is 0. The summed E-state index contributed by atoms with van der Waals surface area (Å²) in [5.74, 6) is -0.924. The van der Waals surface area contributed by atoms with Crippen LogP contribution in [0.4, 0.5) is 11.4 Å². The van der Waals surface area contributed by atoms with Crippen molar-refractivity contribution in [3.05, 3.63) is 119 Å². The van der Waals surface area contributed by atoms with E-state index >= 15 is 0 Å². The number of nitrogens with zero attached hydrogens (tertiary/aromatic N) is 2. The predicted molar refractivity (Wildman–Crippen MR) is 490 cm³/mol. The van der Waals surface area contributed by atoms with Gasteiger partial charge < -0.3 is 19.3 Å². The lowest BCUT2D eigenvalue weighted by Crippen LogP contribution is -2.25. The number of benzene rings is 4. The van der Waals surface area contributed by atoms with Crippen molar-refractivity contribution in [2.75, 3.05) is 36.0 Å². The van der Waals surface area contributed by atoms with Crippen LogP contribution in [-0.4, -0.2) is 49.7 Å². The van der Waals surface area contributed by atoms with Crippen molar-refractivity contribution in [3.8, 4) is 11.5 Å². The molecule has 0 aliphatic carbocycles. The fourth-order valence-corrected chi connectivity index (χ4v) is 16.6. The minimum absolute atomic E-state index is 0.330. The third kappa shape index (κ3) is 54.4. The average molecular weight is 1560 g/mol. The maximum absolute atomic E-state index is 13.5. The van der Waals surface area contributed by atoms with Gasteiger partial charge in [-0.3, -0.25) is 9.59 Å². The maximum atomic E-state index is 13.5. The molecule has 0 bridgehead atoms. The zero-order valence-electron chi connectivity index (χ0n) is 74.2. The highest BCUT2D eigenvalue weighted by atomic mass is 16.5. The van der Waals surface area contributed by atoms with Crippen LogP contribution in [0.15, 0.2) is 97.1 Å². The Morgan fingerprint density at radius 1 is 0.195 bits per heavy atom. The Morgan fingerprint density at radius 2 is 0.345 bits per heavy atom. The Kier molecular flexibility index (Phi) is 64.8. The highest BCUT2D eigenvalue weighted by molar-refractivity contribution is 6.13. The lowest BCUT2D eigenvalue weighted by Gasteiger charge is -2.25. The molecule has 113 heavy (non-hydrogen) atoms. The molecule has 4 aromatic rings. The molecule has 0 aliphatic rings. The number of unbranched alkanes of at least 4 members (excludes halogenated alkanes) is 64. The lowest BCUT2D eigenvalue weighted by molar-refractivity contribution is 0.0725. The Labute approximate surface area is 697 Å². The van der Waals surface area contributed by atoms with E-state index < -0.39 is 11.9 Å². The van der Waals surface area contributed by atoms with Crippen molar-refractivity contribution in [3.63, 3.8) is 0 Å². The van der Waals surface area contributed by atoms with Gasteiger partial charge in [-0.25, -0.2) is 9.59 Å². The van der Waals surface area contributed by atoms with Gasteiger partial charge in [-0.2, -0.15) is 0 Å². The van der Waals surface area contributed by atoms with Crippen molar-refractivity contribution in [2.45, 2.75) is 471 Å². The Balaban J connectivity index is 1.20. The second-order valence-electron chi connectivity index (χ2n) is 34.5. The topological polar surface area (TPSA) is 93.2 Å². The number of rotatable bonds is 82. The molecule has 0 heterocycles. The molecule has 8 nitrogen and oxygen atoms in total. The molecule has 8 heteroatoms. The largest absolute Gasteiger partial charge is 0.423 e. The number of Topliss-reactive ketones (excluding diaryl/α,β-unsaturated/α-hetero) is 2. The summed E-state index contributed by atoms with van der Waals surface area (Å²) >= 11 is 0. The second-order valence-corrected chi connectivity index (χ2v) is 34.5. The summed E-state index contributed by atoms with van der Waals surface area (Å²) in [5, 5.41) is 0. The van der Waals surface area contributed by atoms with Crippen LogP contribution in [0.25, 0.3) is 0 Å². The zero-order chi connectivity index (χ0) is 80.4. The van der Waals surface area contributed by atoms with Crippen molar-refractivity contribution in [2.24, 2.45) is 0 Å². The average Bonchev–Trinajstić information content (AvgIpc) is 0.849. The first-order chi connectivity index (χ1) is 55.8. The van der Waals surface area contributed by atoms with Gasteiger partial charge in [0.15, 0.2) is 11.6 Å². The van der Waals surface area contributed by atoms with Gasteiger partial charge >= 0.3 is 11.9 Å². The van der Waals surface area contributed by atoms with Gasteiger partial charge in [0.25, 0.3) is 0 Å². The minimum Gasteiger partial charge on any atom is -0.423 e. The number of carbonyl (C=O) groups is 4. The molecule has 0 amide bonds. The normalized spacial score (nSPS) is 11.4. The van der Waals surface area contributed by atoms with E-state index in [-0.39, 0.29) is 18.0 Å². The summed E-state index contributed by atoms with van der Waals surface area (Å²) in [6.07, 6.45) is 92.7. The van der Waals surface area contributed by atoms with E-state index in [0.717, 1.165) is 37.6 Å². The zero-order valence-corrected chi connectivity index (χ0v) is 74.2. The number of carbonyl (C=O) groups excluding carboxylic acids is 4. The highest BCUT2D eigenvalue weighted by Crippen LogP contribution is 2.27. The summed E-state index contributed by atoms with van der Waals surface area (Å²) < 4.78 is 11.7. The quantitative estimate of drug-likeness (QED) is 0.0142. The van der Waals surface area contributed by atoms with Crippen LogP contribution in [-0.2, 0) is 0 Å². The smallest absolute Gasteiger partial charge is 0.343 e. The Morgan fingerprint density at radius 3 is 0.513 bits per heavy atom. The summed E-state index contributed by atoms with van der Waals surface area (Å²) in [7, 11) is 0. The number of anilines is 2. The van der Waals surface area contributed by atoms with Crippen LogP contribution in [0.5, 0.6) is 11.5 Å². The molecule has 640 valence electrons. The molecule has 0 N–H and O–H groups in total. The van der Waals surface area contributed by atoms with Gasteiger partial charge in [0, 0.05) is 48.7 Å². The number of ketones is 2. The summed E-state index contributed by atoms with van der Waals surface area (Å²) in [5.41, 5.74) is 3.96. The number of ether oxygens (including phenoxy) is 2. The lowest BCUT2D eigenvalue weighted by atomic mass is 10.0. The van der Waals surface area contributed by atoms with E-state index in [2.05, 4.69) is 61.8 Å². The molecular formula is C105H174N2O6. The van der Waals surface area contributed by atoms with E-state index in [9.17, 15) is 19.2 Å². The Bertz CT molecular complexity index is 2540. The fourth-order valence-electron chi connectivity index (χ4n) is 16.6. The van der Waals surface area contributed by atoms with E-state index in [4.69, 9.17) is 9.47 Å². The second kappa shape index (κ2) is 73.2. The molecule has 0 unspecified atom stereocenters. The molecule has 0 aliphatic heterocycles. The van der Waals surface area contributed by atoms with Gasteiger partial charge in [-0.05, 0) is 123 Å². The van der Waals surface area contributed by atoms with Crippen LogP contribution in [0.2, 0.25) is 0 Å². The first-order valence-corrected chi connectivity index (χ1v) is 49.2. The SMILES string of the molecule is CCCCCCCCCCCCCCCCCCCN(CCCCCCCCCCCCCCCCCCC)c1ccc(C(=O)Oc2ccc(C(=O)CC(=O)c3ccc(OC(=O)c4ccc(N(CCCCCCCCCCCCCCCCCCC)CCCCCCCCCCCCCCCCCCC)cc4)cc3)cc2)cc1. The predicted octanol–water partition coefficient (Wildman–Crippen LogP) is 33.8. The first kappa shape index (κ1) is 100. The molecule has 4 aromatic carbocycles. The van der Waals surface area contributed by atoms with Crippen molar-refractivity contribution in [1.82, 2.24) is 0 Å². The molecule has 0 radical (unpaired) electrons. The van der Waals surface area contributed by atoms with Gasteiger partial charge in [0.2, 0.25) is 0 Å². The summed E-state index contributed by atoms with van der Waals surface area (Å²) in [6.45, 7) is 13.3. The molecule has 0 fully saturated rings. The molecule has 0 atom stereocenters. The number of esters is 2. The summed E-state index contributed by atoms with van der Waals surface area (Å²) in [4.78, 5) is 59.1. The van der Waals surface area contributed by atoms with Crippen LogP contribution in [0.3, 0.4) is 0 Å². The Hall–Kier alpha value is -5.24. The molecule has 0 saturated heterocycles.